The van der Waals surface area contributed by atoms with Gasteiger partial charge in [-0.3, -0.25) is 4.79 Å². The van der Waals surface area contributed by atoms with Crippen molar-refractivity contribution in [3.8, 4) is 11.5 Å². The molecule has 2 aromatic rings. The van der Waals surface area contributed by atoms with Gasteiger partial charge in [-0.2, -0.15) is 0 Å². The summed E-state index contributed by atoms with van der Waals surface area (Å²) in [5, 5.41) is 0. The van der Waals surface area contributed by atoms with Crippen molar-refractivity contribution >= 4 is 11.8 Å². The molecule has 27 heavy (non-hydrogen) atoms. The average molecular weight is 376 g/mol. The van der Waals surface area contributed by atoms with E-state index < -0.39 is 42.2 Å². The maximum Gasteiger partial charge on any atom is 0.344 e. The minimum atomic E-state index is -0.881. The molecule has 0 radical (unpaired) electrons. The van der Waals surface area contributed by atoms with Gasteiger partial charge in [-0.1, -0.05) is 12.1 Å². The zero-order valence-electron chi connectivity index (χ0n) is 14.9. The highest BCUT2D eigenvalue weighted by molar-refractivity contribution is 5.98. The molecule has 0 N–H and O–H groups in total. The van der Waals surface area contributed by atoms with Gasteiger partial charge in [0.25, 0.3) is 0 Å². The summed E-state index contributed by atoms with van der Waals surface area (Å²) in [7, 11) is 0. The largest absolute Gasteiger partial charge is 0.483 e. The molecule has 0 atom stereocenters. The third-order valence-corrected chi connectivity index (χ3v) is 3.99. The maximum absolute atomic E-state index is 13.5. The maximum atomic E-state index is 13.5. The van der Waals surface area contributed by atoms with Crippen molar-refractivity contribution in [3.05, 3.63) is 59.2 Å². The third-order valence-electron chi connectivity index (χ3n) is 3.99. The Labute approximate surface area is 154 Å². The molecule has 0 aromatic heterocycles. The fourth-order valence-electron chi connectivity index (χ4n) is 2.81. The summed E-state index contributed by atoms with van der Waals surface area (Å²) in [5.41, 5.74) is 0.145. The number of para-hydroxylation sites is 1. The van der Waals surface area contributed by atoms with E-state index in [4.69, 9.17) is 14.2 Å². The highest BCUT2D eigenvalue weighted by Gasteiger charge is 2.32. The Morgan fingerprint density at radius 1 is 1.15 bits per heavy atom. The van der Waals surface area contributed by atoms with E-state index in [1.165, 1.54) is 0 Å². The lowest BCUT2D eigenvalue weighted by Gasteiger charge is -2.18. The van der Waals surface area contributed by atoms with Gasteiger partial charge in [0.05, 0.1) is 5.56 Å². The number of ketones is 1. The molecule has 0 spiro atoms. The Morgan fingerprint density at radius 3 is 2.70 bits per heavy atom. The van der Waals surface area contributed by atoms with Crippen LogP contribution in [0.15, 0.2) is 36.4 Å². The quantitative estimate of drug-likeness (QED) is 0.571. The summed E-state index contributed by atoms with van der Waals surface area (Å²) in [6.45, 7) is 2.74. The number of Topliss-reactive ketones (excluding diaryl/α,β-unsaturated/α-hetero) is 1. The van der Waals surface area contributed by atoms with Crippen LogP contribution in [0.4, 0.5) is 8.78 Å². The van der Waals surface area contributed by atoms with Crippen LogP contribution in [-0.4, -0.2) is 30.6 Å². The topological polar surface area (TPSA) is 61.8 Å². The third kappa shape index (κ3) is 4.42. The van der Waals surface area contributed by atoms with Crippen LogP contribution in [0.1, 0.15) is 29.8 Å². The first-order chi connectivity index (χ1) is 12.7. The number of fused-ring (bicyclic) bond motifs is 1. The van der Waals surface area contributed by atoms with E-state index in [1.807, 2.05) is 19.9 Å². The Bertz CT molecular complexity index is 892. The number of rotatable bonds is 6. The lowest BCUT2D eigenvalue weighted by molar-refractivity contribution is -0.144. The van der Waals surface area contributed by atoms with Crippen LogP contribution in [0.2, 0.25) is 0 Å². The van der Waals surface area contributed by atoms with Crippen molar-refractivity contribution < 1.29 is 32.6 Å². The van der Waals surface area contributed by atoms with Gasteiger partial charge in [0, 0.05) is 12.0 Å². The second-order valence-corrected chi connectivity index (χ2v) is 6.78. The first kappa shape index (κ1) is 18.8. The van der Waals surface area contributed by atoms with Crippen LogP contribution in [-0.2, 0) is 16.0 Å². The van der Waals surface area contributed by atoms with Gasteiger partial charge in [-0.25, -0.2) is 13.6 Å². The van der Waals surface area contributed by atoms with E-state index in [-0.39, 0.29) is 5.60 Å². The second-order valence-electron chi connectivity index (χ2n) is 6.78. The minimum Gasteiger partial charge on any atom is -0.483 e. The van der Waals surface area contributed by atoms with Crippen molar-refractivity contribution in [1.29, 1.82) is 0 Å². The van der Waals surface area contributed by atoms with E-state index in [0.29, 0.717) is 11.5 Å². The molecular formula is C20H18F2O5. The van der Waals surface area contributed by atoms with Crippen LogP contribution in [0.5, 0.6) is 11.5 Å². The van der Waals surface area contributed by atoms with E-state index >= 15 is 0 Å². The van der Waals surface area contributed by atoms with Gasteiger partial charge in [-0.15, -0.1) is 0 Å². The molecule has 1 aliphatic heterocycles. The molecule has 1 heterocycles. The standard InChI is InChI=1S/C20H18F2O5/c1-20(2)9-12-4-3-5-17(19(12)27-20)25-11-18(24)26-10-16(23)14-8-13(21)6-7-15(14)22/h3-8H,9-11H2,1-2H3. The molecule has 0 aliphatic carbocycles. The highest BCUT2D eigenvalue weighted by atomic mass is 19.1. The average Bonchev–Trinajstić information content (AvgIpc) is 2.94. The molecule has 7 heteroatoms. The van der Waals surface area contributed by atoms with Gasteiger partial charge in [0.2, 0.25) is 5.78 Å². The molecule has 1 aliphatic rings. The van der Waals surface area contributed by atoms with Crippen LogP contribution in [0.25, 0.3) is 0 Å². The van der Waals surface area contributed by atoms with Gasteiger partial charge in [-0.05, 0) is 38.1 Å². The number of benzene rings is 2. The van der Waals surface area contributed by atoms with Crippen molar-refractivity contribution in [2.24, 2.45) is 0 Å². The highest BCUT2D eigenvalue weighted by Crippen LogP contribution is 2.41. The van der Waals surface area contributed by atoms with E-state index in [9.17, 15) is 18.4 Å². The summed E-state index contributed by atoms with van der Waals surface area (Å²) in [5.74, 6) is -2.31. The molecular weight excluding hydrogens is 358 g/mol. The fraction of sp³-hybridized carbons (Fsp3) is 0.300. The number of hydrogen-bond acceptors (Lipinski definition) is 5. The smallest absolute Gasteiger partial charge is 0.344 e. The van der Waals surface area contributed by atoms with Crippen LogP contribution < -0.4 is 9.47 Å². The lowest BCUT2D eigenvalue weighted by Crippen LogP contribution is -2.25. The zero-order valence-corrected chi connectivity index (χ0v) is 14.9. The van der Waals surface area contributed by atoms with Crippen molar-refractivity contribution in [1.82, 2.24) is 0 Å². The number of hydrogen-bond donors (Lipinski definition) is 0. The zero-order chi connectivity index (χ0) is 19.6. The molecule has 3 rings (SSSR count). The SMILES string of the molecule is CC1(C)Cc2cccc(OCC(=O)OCC(=O)c3cc(F)ccc3F)c2O1. The predicted octanol–water partition coefficient (Wildman–Crippen LogP) is 3.48. The summed E-state index contributed by atoms with van der Waals surface area (Å²) in [6.07, 6.45) is 0.720. The first-order valence-electron chi connectivity index (χ1n) is 8.33. The Balaban J connectivity index is 1.55. The predicted molar refractivity (Wildman–Crippen MR) is 92.0 cm³/mol. The number of carbonyl (C=O) groups excluding carboxylic acids is 2. The molecule has 0 fully saturated rings. The van der Waals surface area contributed by atoms with Crippen LogP contribution in [0, 0.1) is 11.6 Å². The van der Waals surface area contributed by atoms with Crippen LogP contribution >= 0.6 is 0 Å². The van der Waals surface area contributed by atoms with Gasteiger partial charge >= 0.3 is 5.97 Å². The van der Waals surface area contributed by atoms with Gasteiger partial charge < -0.3 is 14.2 Å². The second kappa shape index (κ2) is 7.34. The minimum absolute atomic E-state index is 0.357. The fourth-order valence-corrected chi connectivity index (χ4v) is 2.81. The molecule has 2 aromatic carbocycles. The molecule has 0 unspecified atom stereocenters. The Hall–Kier alpha value is -2.96. The monoisotopic (exact) mass is 376 g/mol. The molecule has 0 bridgehead atoms. The lowest BCUT2D eigenvalue weighted by atomic mass is 10.0. The molecule has 0 amide bonds. The summed E-state index contributed by atoms with van der Waals surface area (Å²) < 4.78 is 42.7. The molecule has 0 saturated carbocycles. The van der Waals surface area contributed by atoms with Crippen molar-refractivity contribution in [2.75, 3.05) is 13.2 Å². The summed E-state index contributed by atoms with van der Waals surface area (Å²) >= 11 is 0. The van der Waals surface area contributed by atoms with Gasteiger partial charge in [0.1, 0.15) is 17.2 Å². The number of carbonyl (C=O) groups is 2. The first-order valence-corrected chi connectivity index (χ1v) is 8.33. The summed E-state index contributed by atoms with van der Waals surface area (Å²) in [6, 6.07) is 7.87. The molecule has 5 nitrogen and oxygen atoms in total. The van der Waals surface area contributed by atoms with E-state index in [2.05, 4.69) is 0 Å². The van der Waals surface area contributed by atoms with Crippen LogP contribution in [0.3, 0.4) is 0 Å². The molecule has 142 valence electrons. The summed E-state index contributed by atoms with van der Waals surface area (Å²) in [4.78, 5) is 23.7. The van der Waals surface area contributed by atoms with E-state index in [1.54, 1.807) is 12.1 Å². The molecule has 0 saturated heterocycles. The van der Waals surface area contributed by atoms with Crippen molar-refractivity contribution in [3.63, 3.8) is 0 Å². The number of halogens is 2. The van der Waals surface area contributed by atoms with Crippen molar-refractivity contribution in [2.45, 2.75) is 25.9 Å². The van der Waals surface area contributed by atoms with Gasteiger partial charge in [0.15, 0.2) is 24.7 Å². The van der Waals surface area contributed by atoms with E-state index in [0.717, 1.165) is 30.2 Å². The normalized spacial score (nSPS) is 14.2. The Kier molecular flexibility index (Phi) is 5.12. The Morgan fingerprint density at radius 2 is 1.93 bits per heavy atom. The number of esters is 1. The number of ether oxygens (including phenoxy) is 3.